The molecule has 6 nitrogen and oxygen atoms in total. The van der Waals surface area contributed by atoms with Crippen LogP contribution >= 0.6 is 0 Å². The molecule has 6 heteroatoms. The van der Waals surface area contributed by atoms with Crippen LogP contribution in [-0.4, -0.2) is 34.9 Å². The van der Waals surface area contributed by atoms with Gasteiger partial charge in [-0.25, -0.2) is 0 Å². The number of Topliss-reactive ketones (excluding diaryl/α,β-unsaturated/α-hetero) is 1. The molecule has 1 unspecified atom stereocenters. The molecule has 2 aliphatic rings. The summed E-state index contributed by atoms with van der Waals surface area (Å²) in [5, 5.41) is 11.1. The second kappa shape index (κ2) is 8.90. The highest BCUT2D eigenvalue weighted by atomic mass is 16.3. The van der Waals surface area contributed by atoms with Crippen LogP contribution in [0.2, 0.25) is 0 Å². The fraction of sp³-hybridized carbons (Fsp3) is 0.222. The zero-order valence-corrected chi connectivity index (χ0v) is 18.2. The molecule has 1 amide bonds. The molecule has 0 bridgehead atoms. The Bertz CT molecular complexity index is 1180. The van der Waals surface area contributed by atoms with Gasteiger partial charge in [-0.1, -0.05) is 36.4 Å². The van der Waals surface area contributed by atoms with Crippen molar-refractivity contribution in [1.29, 1.82) is 0 Å². The SMILES string of the molecule is O=C1C(=O)N(c2ccc(N3CCCCC3)cc2)C(c2ccccn2)/C1=C(\O)c1ccccc1. The second-order valence-electron chi connectivity index (χ2n) is 8.35. The Hall–Kier alpha value is -3.93. The molecular formula is C27H25N3O3. The Labute approximate surface area is 192 Å². The van der Waals surface area contributed by atoms with Crippen LogP contribution in [0.25, 0.3) is 5.76 Å². The Kier molecular flexibility index (Phi) is 5.65. The smallest absolute Gasteiger partial charge is 0.300 e. The quantitative estimate of drug-likeness (QED) is 0.362. The summed E-state index contributed by atoms with van der Waals surface area (Å²) >= 11 is 0. The van der Waals surface area contributed by atoms with E-state index in [2.05, 4.69) is 9.88 Å². The summed E-state index contributed by atoms with van der Waals surface area (Å²) in [5.74, 6) is -1.59. The number of rotatable bonds is 4. The molecule has 166 valence electrons. The van der Waals surface area contributed by atoms with Gasteiger partial charge in [-0.05, 0) is 55.7 Å². The van der Waals surface area contributed by atoms with E-state index in [1.165, 1.54) is 24.2 Å². The highest BCUT2D eigenvalue weighted by Crippen LogP contribution is 2.41. The Morgan fingerprint density at radius 2 is 1.48 bits per heavy atom. The van der Waals surface area contributed by atoms with Gasteiger partial charge < -0.3 is 10.0 Å². The Morgan fingerprint density at radius 1 is 0.818 bits per heavy atom. The first kappa shape index (κ1) is 20.9. The van der Waals surface area contributed by atoms with Crippen molar-refractivity contribution in [2.75, 3.05) is 22.9 Å². The lowest BCUT2D eigenvalue weighted by Gasteiger charge is -2.30. The molecule has 2 saturated heterocycles. The molecule has 0 radical (unpaired) electrons. The van der Waals surface area contributed by atoms with Crippen LogP contribution in [-0.2, 0) is 9.59 Å². The molecule has 1 aromatic heterocycles. The number of nitrogens with zero attached hydrogens (tertiary/aromatic N) is 3. The molecule has 1 N–H and O–H groups in total. The summed E-state index contributed by atoms with van der Waals surface area (Å²) in [5.41, 5.74) is 2.76. The van der Waals surface area contributed by atoms with Crippen LogP contribution in [0.5, 0.6) is 0 Å². The van der Waals surface area contributed by atoms with Crippen molar-refractivity contribution in [2.45, 2.75) is 25.3 Å². The average molecular weight is 440 g/mol. The van der Waals surface area contributed by atoms with Crippen molar-refractivity contribution >= 4 is 28.8 Å². The van der Waals surface area contributed by atoms with E-state index in [1.807, 2.05) is 36.4 Å². The topological polar surface area (TPSA) is 73.7 Å². The number of carbonyl (C=O) groups excluding carboxylic acids is 2. The first-order chi connectivity index (χ1) is 16.1. The maximum absolute atomic E-state index is 13.2. The number of anilines is 2. The molecule has 2 fully saturated rings. The number of aromatic nitrogens is 1. The number of amides is 1. The van der Waals surface area contributed by atoms with Gasteiger partial charge in [0.15, 0.2) is 0 Å². The standard InChI is InChI=1S/C27H25N3O3/c31-25(19-9-3-1-4-10-19)23-24(22-11-5-6-16-28-22)30(27(33)26(23)32)21-14-12-20(13-15-21)29-17-7-2-8-18-29/h1,3-6,9-16,24,31H,2,7-8,17-18H2/b25-23+. The Balaban J connectivity index is 1.59. The summed E-state index contributed by atoms with van der Waals surface area (Å²) in [6, 6.07) is 21.1. The van der Waals surface area contributed by atoms with Crippen molar-refractivity contribution in [1.82, 2.24) is 4.98 Å². The van der Waals surface area contributed by atoms with Crippen LogP contribution in [0.4, 0.5) is 11.4 Å². The van der Waals surface area contributed by atoms with Crippen molar-refractivity contribution in [3.8, 4) is 0 Å². The molecule has 1 atom stereocenters. The predicted molar refractivity (Wildman–Crippen MR) is 128 cm³/mol. The van der Waals surface area contributed by atoms with Crippen molar-refractivity contribution in [2.24, 2.45) is 0 Å². The van der Waals surface area contributed by atoms with E-state index < -0.39 is 17.7 Å². The minimum absolute atomic E-state index is 0.0463. The molecule has 3 heterocycles. The van der Waals surface area contributed by atoms with Gasteiger partial charge in [-0.15, -0.1) is 0 Å². The van der Waals surface area contributed by atoms with Gasteiger partial charge in [0, 0.05) is 36.2 Å². The first-order valence-corrected chi connectivity index (χ1v) is 11.3. The van der Waals surface area contributed by atoms with Gasteiger partial charge in [0.1, 0.15) is 11.8 Å². The Morgan fingerprint density at radius 3 is 2.15 bits per heavy atom. The fourth-order valence-electron chi connectivity index (χ4n) is 4.64. The number of carbonyl (C=O) groups is 2. The number of aliphatic hydroxyl groups is 1. The molecule has 3 aromatic rings. The lowest BCUT2D eigenvalue weighted by atomic mass is 9.98. The van der Waals surface area contributed by atoms with Gasteiger partial charge in [-0.3, -0.25) is 19.5 Å². The number of pyridine rings is 1. The summed E-state index contributed by atoms with van der Waals surface area (Å²) in [6.45, 7) is 2.05. The van der Waals surface area contributed by atoms with E-state index in [9.17, 15) is 14.7 Å². The van der Waals surface area contributed by atoms with Crippen LogP contribution in [0.15, 0.2) is 84.6 Å². The lowest BCUT2D eigenvalue weighted by Crippen LogP contribution is -2.31. The first-order valence-electron chi connectivity index (χ1n) is 11.3. The fourth-order valence-corrected chi connectivity index (χ4v) is 4.64. The van der Waals surface area contributed by atoms with Crippen LogP contribution in [0.1, 0.15) is 36.6 Å². The normalized spacial score (nSPS) is 20.3. The minimum Gasteiger partial charge on any atom is -0.507 e. The van der Waals surface area contributed by atoms with Gasteiger partial charge >= 0.3 is 0 Å². The molecular weight excluding hydrogens is 414 g/mol. The molecule has 33 heavy (non-hydrogen) atoms. The number of hydrogen-bond donors (Lipinski definition) is 1. The van der Waals surface area contributed by atoms with Gasteiger partial charge in [0.05, 0.1) is 11.3 Å². The second-order valence-corrected chi connectivity index (χ2v) is 8.35. The highest BCUT2D eigenvalue weighted by Gasteiger charge is 2.47. The monoisotopic (exact) mass is 439 g/mol. The summed E-state index contributed by atoms with van der Waals surface area (Å²) < 4.78 is 0. The van der Waals surface area contributed by atoms with Crippen LogP contribution < -0.4 is 9.80 Å². The van der Waals surface area contributed by atoms with Crippen molar-refractivity contribution < 1.29 is 14.7 Å². The average Bonchev–Trinajstić information content (AvgIpc) is 3.15. The van der Waals surface area contributed by atoms with E-state index in [-0.39, 0.29) is 11.3 Å². The minimum atomic E-state index is -0.813. The molecule has 0 aliphatic carbocycles. The van der Waals surface area contributed by atoms with Crippen molar-refractivity contribution in [3.63, 3.8) is 0 Å². The third-order valence-corrected chi connectivity index (χ3v) is 6.31. The van der Waals surface area contributed by atoms with Gasteiger partial charge in [0.25, 0.3) is 11.7 Å². The highest BCUT2D eigenvalue weighted by molar-refractivity contribution is 6.51. The van der Waals surface area contributed by atoms with Gasteiger partial charge in [0.2, 0.25) is 0 Å². The third-order valence-electron chi connectivity index (χ3n) is 6.31. The van der Waals surface area contributed by atoms with E-state index in [4.69, 9.17) is 0 Å². The van der Waals surface area contributed by atoms with Gasteiger partial charge in [-0.2, -0.15) is 0 Å². The summed E-state index contributed by atoms with van der Waals surface area (Å²) in [4.78, 5) is 34.6. The van der Waals surface area contributed by atoms with Crippen LogP contribution in [0, 0.1) is 0 Å². The number of hydrogen-bond acceptors (Lipinski definition) is 5. The number of piperidine rings is 1. The molecule has 2 aromatic carbocycles. The van der Waals surface area contributed by atoms with E-state index in [1.54, 1.807) is 42.6 Å². The number of benzene rings is 2. The zero-order valence-electron chi connectivity index (χ0n) is 18.2. The summed E-state index contributed by atoms with van der Waals surface area (Å²) in [7, 11) is 0. The van der Waals surface area contributed by atoms with Crippen LogP contribution in [0.3, 0.4) is 0 Å². The number of aliphatic hydroxyl groups excluding tert-OH is 1. The third kappa shape index (κ3) is 3.89. The zero-order chi connectivity index (χ0) is 22.8. The lowest BCUT2D eigenvalue weighted by molar-refractivity contribution is -0.132. The van der Waals surface area contributed by atoms with Crippen molar-refractivity contribution in [3.05, 3.63) is 95.8 Å². The molecule has 0 spiro atoms. The van der Waals surface area contributed by atoms with E-state index in [0.29, 0.717) is 16.9 Å². The molecule has 2 aliphatic heterocycles. The largest absolute Gasteiger partial charge is 0.507 e. The molecule has 5 rings (SSSR count). The summed E-state index contributed by atoms with van der Waals surface area (Å²) in [6.07, 6.45) is 5.23. The maximum atomic E-state index is 13.2. The maximum Gasteiger partial charge on any atom is 0.300 e. The predicted octanol–water partition coefficient (Wildman–Crippen LogP) is 4.70. The molecule has 0 saturated carbocycles. The number of ketones is 1. The van der Waals surface area contributed by atoms with E-state index >= 15 is 0 Å². The van der Waals surface area contributed by atoms with E-state index in [0.717, 1.165) is 18.8 Å².